The smallest absolute Gasteiger partial charge is 0.0504 e. The van der Waals surface area contributed by atoms with Gasteiger partial charge < -0.3 is 11.1 Å². The maximum Gasteiger partial charge on any atom is 0.0504 e. The molecule has 0 heterocycles. The molecule has 3 N–H and O–H groups in total. The molecule has 0 fully saturated rings. The second kappa shape index (κ2) is 12.0. The normalized spacial score (nSPS) is 12.6. The predicted molar refractivity (Wildman–Crippen MR) is 197 cm³/mol. The van der Waals surface area contributed by atoms with Gasteiger partial charge in [0.1, 0.15) is 0 Å². The molecule has 220 valence electrons. The summed E-state index contributed by atoms with van der Waals surface area (Å²) in [5.74, 6) is 0. The number of benzene rings is 8. The lowest BCUT2D eigenvalue weighted by Crippen LogP contribution is -2.16. The molecule has 0 aliphatic rings. The summed E-state index contributed by atoms with van der Waals surface area (Å²) >= 11 is 0. The first-order valence-corrected chi connectivity index (χ1v) is 15.9. The molecule has 8 rings (SSSR count). The minimum Gasteiger partial charge on any atom is -0.381 e. The Labute approximate surface area is 269 Å². The van der Waals surface area contributed by atoms with Crippen molar-refractivity contribution in [1.29, 1.82) is 0 Å². The van der Waals surface area contributed by atoms with Crippen LogP contribution in [0.4, 0.5) is 0 Å². The fourth-order valence-corrected chi connectivity index (χ4v) is 6.83. The molecule has 0 aliphatic carbocycles. The lowest BCUT2D eigenvalue weighted by molar-refractivity contribution is 0.865. The van der Waals surface area contributed by atoms with E-state index in [9.17, 15) is 0 Å². The summed E-state index contributed by atoms with van der Waals surface area (Å²) in [4.78, 5) is 0. The molecule has 8 aromatic rings. The van der Waals surface area contributed by atoms with Gasteiger partial charge in [-0.2, -0.15) is 0 Å². The van der Waals surface area contributed by atoms with Gasteiger partial charge in [-0.05, 0) is 83.0 Å². The molecule has 0 amide bonds. The zero-order chi connectivity index (χ0) is 30.9. The quantitative estimate of drug-likeness (QED) is 0.143. The zero-order valence-electron chi connectivity index (χ0n) is 25.5. The molecule has 0 saturated carbocycles. The van der Waals surface area contributed by atoms with Crippen molar-refractivity contribution in [2.24, 2.45) is 5.73 Å². The highest BCUT2D eigenvalue weighted by Gasteiger charge is 2.14. The fourth-order valence-electron chi connectivity index (χ4n) is 6.83. The Morgan fingerprint density at radius 1 is 0.543 bits per heavy atom. The van der Waals surface area contributed by atoms with E-state index in [0.29, 0.717) is 6.54 Å². The van der Waals surface area contributed by atoms with Crippen LogP contribution >= 0.6 is 0 Å². The van der Waals surface area contributed by atoms with Crippen LogP contribution in [-0.2, 0) is 6.54 Å². The van der Waals surface area contributed by atoms with Crippen molar-refractivity contribution in [3.8, 4) is 11.1 Å². The molecule has 2 heteroatoms. The lowest BCUT2D eigenvalue weighted by atomic mass is 9.92. The number of rotatable bonds is 7. The van der Waals surface area contributed by atoms with E-state index in [1.54, 1.807) is 0 Å². The average Bonchev–Trinajstić information content (AvgIpc) is 3.12. The summed E-state index contributed by atoms with van der Waals surface area (Å²) < 4.78 is 0. The molecule has 0 radical (unpaired) electrons. The Kier molecular flexibility index (Phi) is 7.26. The summed E-state index contributed by atoms with van der Waals surface area (Å²) in [7, 11) is 0. The van der Waals surface area contributed by atoms with E-state index in [1.807, 2.05) is 18.2 Å². The van der Waals surface area contributed by atoms with Gasteiger partial charge >= 0.3 is 0 Å². The highest BCUT2D eigenvalue weighted by molar-refractivity contribution is 6.14. The van der Waals surface area contributed by atoms with Crippen molar-refractivity contribution in [2.75, 3.05) is 0 Å². The van der Waals surface area contributed by atoms with Crippen LogP contribution in [0.2, 0.25) is 0 Å². The SMILES string of the molecule is NC(/C=C(\NCc1c2ccccc2cc2ccc3ccccc3c12)c1ccc(-c2cccc3ccccc23)cc1)c1ccccc1. The number of nitrogens with two attached hydrogens (primary N) is 1. The summed E-state index contributed by atoms with van der Waals surface area (Å²) in [6, 6.07) is 58.2. The number of fused-ring (bicyclic) bond motifs is 5. The van der Waals surface area contributed by atoms with Crippen LogP contribution in [-0.4, -0.2) is 0 Å². The molecule has 1 atom stereocenters. The summed E-state index contributed by atoms with van der Waals surface area (Å²) in [6.07, 6.45) is 2.16. The molecule has 0 saturated heterocycles. The molecular weight excluding hydrogens is 556 g/mol. The second-order valence-electron chi connectivity index (χ2n) is 11.9. The topological polar surface area (TPSA) is 38.0 Å². The van der Waals surface area contributed by atoms with E-state index in [0.717, 1.165) is 16.8 Å². The Morgan fingerprint density at radius 2 is 1.15 bits per heavy atom. The fraction of sp³-hybridized carbons (Fsp3) is 0.0455. The van der Waals surface area contributed by atoms with Crippen LogP contribution in [0.15, 0.2) is 170 Å². The lowest BCUT2D eigenvalue weighted by Gasteiger charge is -2.19. The Balaban J connectivity index is 1.23. The Bertz CT molecular complexity index is 2360. The van der Waals surface area contributed by atoms with E-state index >= 15 is 0 Å². The van der Waals surface area contributed by atoms with Crippen molar-refractivity contribution in [3.05, 3.63) is 187 Å². The van der Waals surface area contributed by atoms with Crippen molar-refractivity contribution >= 4 is 48.8 Å². The van der Waals surface area contributed by atoms with Gasteiger partial charge in [0.15, 0.2) is 0 Å². The van der Waals surface area contributed by atoms with Crippen molar-refractivity contribution in [1.82, 2.24) is 5.32 Å². The van der Waals surface area contributed by atoms with Crippen LogP contribution in [0.25, 0.3) is 59.9 Å². The van der Waals surface area contributed by atoms with Crippen molar-refractivity contribution < 1.29 is 0 Å². The van der Waals surface area contributed by atoms with Crippen LogP contribution in [0, 0.1) is 0 Å². The van der Waals surface area contributed by atoms with Crippen LogP contribution in [0.1, 0.15) is 22.7 Å². The van der Waals surface area contributed by atoms with Crippen LogP contribution < -0.4 is 11.1 Å². The summed E-state index contributed by atoms with van der Waals surface area (Å²) in [5.41, 5.74) is 13.7. The average molecular weight is 591 g/mol. The van der Waals surface area contributed by atoms with E-state index in [2.05, 4.69) is 157 Å². The van der Waals surface area contributed by atoms with Gasteiger partial charge in [-0.1, -0.05) is 158 Å². The molecular formula is C44H34N2. The largest absolute Gasteiger partial charge is 0.381 e. The zero-order valence-corrected chi connectivity index (χ0v) is 25.5. The molecule has 8 aromatic carbocycles. The van der Waals surface area contributed by atoms with Gasteiger partial charge in [0, 0.05) is 12.2 Å². The van der Waals surface area contributed by atoms with Gasteiger partial charge in [-0.25, -0.2) is 0 Å². The summed E-state index contributed by atoms with van der Waals surface area (Å²) in [6.45, 7) is 0.657. The van der Waals surface area contributed by atoms with Crippen LogP contribution in [0.5, 0.6) is 0 Å². The van der Waals surface area contributed by atoms with Gasteiger partial charge in [0.2, 0.25) is 0 Å². The molecule has 46 heavy (non-hydrogen) atoms. The van der Waals surface area contributed by atoms with Crippen LogP contribution in [0.3, 0.4) is 0 Å². The number of nitrogens with one attached hydrogen (secondary N) is 1. The standard InChI is InChI=1S/C44H34N2/c45-42(33-13-2-1-3-14-33)28-43(34-24-21-32(22-25-34)38-20-10-16-30-11-4-7-17-37(30)38)46-29-41-39-18-8-6-15-35(39)27-36-26-23-31-12-5-9-19-40(31)44(36)41/h1-28,42,46H,29,45H2/b43-28-. The number of hydrogen-bond acceptors (Lipinski definition) is 2. The highest BCUT2D eigenvalue weighted by Crippen LogP contribution is 2.35. The third-order valence-electron chi connectivity index (χ3n) is 9.14. The summed E-state index contributed by atoms with van der Waals surface area (Å²) in [5, 5.41) is 13.9. The van der Waals surface area contributed by atoms with Gasteiger partial charge in [0.25, 0.3) is 0 Å². The molecule has 0 aliphatic heterocycles. The minimum atomic E-state index is -0.258. The third kappa shape index (κ3) is 5.19. The predicted octanol–water partition coefficient (Wildman–Crippen LogP) is 10.8. The molecule has 0 spiro atoms. The Morgan fingerprint density at radius 3 is 1.93 bits per heavy atom. The number of hydrogen-bond donors (Lipinski definition) is 2. The first kappa shape index (κ1) is 27.8. The van der Waals surface area contributed by atoms with E-state index in [-0.39, 0.29) is 6.04 Å². The first-order chi connectivity index (χ1) is 22.7. The molecule has 0 aromatic heterocycles. The van der Waals surface area contributed by atoms with Gasteiger partial charge in [-0.15, -0.1) is 0 Å². The van der Waals surface area contributed by atoms with E-state index < -0.39 is 0 Å². The maximum absolute atomic E-state index is 6.82. The first-order valence-electron chi connectivity index (χ1n) is 15.9. The Hall–Kier alpha value is -5.70. The maximum atomic E-state index is 6.82. The van der Waals surface area contributed by atoms with Gasteiger partial charge in [-0.3, -0.25) is 0 Å². The second-order valence-corrected chi connectivity index (χ2v) is 11.9. The van der Waals surface area contributed by atoms with E-state index in [1.165, 1.54) is 59.8 Å². The van der Waals surface area contributed by atoms with Crippen molar-refractivity contribution in [2.45, 2.75) is 12.6 Å². The molecule has 2 nitrogen and oxygen atoms in total. The monoisotopic (exact) mass is 590 g/mol. The van der Waals surface area contributed by atoms with Crippen molar-refractivity contribution in [3.63, 3.8) is 0 Å². The third-order valence-corrected chi connectivity index (χ3v) is 9.14. The highest BCUT2D eigenvalue weighted by atomic mass is 14.9. The molecule has 0 bridgehead atoms. The minimum absolute atomic E-state index is 0.258. The molecule has 1 unspecified atom stereocenters. The van der Waals surface area contributed by atoms with Gasteiger partial charge in [0.05, 0.1) is 6.04 Å². The van der Waals surface area contributed by atoms with E-state index in [4.69, 9.17) is 5.73 Å².